The lowest BCUT2D eigenvalue weighted by molar-refractivity contribution is 0.607. The molecule has 0 bridgehead atoms. The van der Waals surface area contributed by atoms with E-state index in [0.717, 1.165) is 0 Å². The van der Waals surface area contributed by atoms with Gasteiger partial charge in [-0.1, -0.05) is 19.8 Å². The lowest BCUT2D eigenvalue weighted by Crippen LogP contribution is -2.17. The van der Waals surface area contributed by atoms with E-state index in [1.54, 1.807) is 16.7 Å². The van der Waals surface area contributed by atoms with Crippen molar-refractivity contribution >= 4 is 12.4 Å². The molecule has 1 nitrogen and oxygen atoms in total. The molecule has 0 saturated heterocycles. The van der Waals surface area contributed by atoms with Crippen LogP contribution in [-0.2, 0) is 32.1 Å². The average molecular weight is 294 g/mol. The van der Waals surface area contributed by atoms with Crippen molar-refractivity contribution in [1.82, 2.24) is 4.98 Å². The Balaban J connectivity index is 0.00000147. The molecule has 0 unspecified atom stereocenters. The van der Waals surface area contributed by atoms with E-state index in [-0.39, 0.29) is 12.4 Å². The summed E-state index contributed by atoms with van der Waals surface area (Å²) in [5.74, 6) is 0. The summed E-state index contributed by atoms with van der Waals surface area (Å²) < 4.78 is 0. The predicted octanol–water partition coefficient (Wildman–Crippen LogP) is 4.99. The van der Waals surface area contributed by atoms with Crippen LogP contribution in [0.25, 0.3) is 0 Å². The molecule has 0 N–H and O–H groups in total. The summed E-state index contributed by atoms with van der Waals surface area (Å²) >= 11 is 0. The van der Waals surface area contributed by atoms with Gasteiger partial charge < -0.3 is 0 Å². The average Bonchev–Trinajstić information content (AvgIpc) is 2.47. The summed E-state index contributed by atoms with van der Waals surface area (Å²) in [5, 5.41) is 0. The Hall–Kier alpha value is -0.560. The Morgan fingerprint density at radius 3 is 2.20 bits per heavy atom. The van der Waals surface area contributed by atoms with Crippen LogP contribution < -0.4 is 0 Å². The molecule has 112 valence electrons. The first-order valence-electron chi connectivity index (χ1n) is 8.42. The van der Waals surface area contributed by atoms with Gasteiger partial charge in [-0.2, -0.15) is 0 Å². The Morgan fingerprint density at radius 2 is 1.45 bits per heavy atom. The molecule has 0 atom stereocenters. The van der Waals surface area contributed by atoms with Gasteiger partial charge in [-0.25, -0.2) is 0 Å². The highest BCUT2D eigenvalue weighted by Gasteiger charge is 2.22. The predicted molar refractivity (Wildman–Crippen MR) is 88.0 cm³/mol. The molecule has 2 aliphatic rings. The molecule has 1 aromatic rings. The Labute approximate surface area is 130 Å². The number of fused-ring (bicyclic) bond motifs is 3. The molecule has 1 aromatic heterocycles. The second-order valence-corrected chi connectivity index (χ2v) is 6.31. The number of rotatable bonds is 4. The highest BCUT2D eigenvalue weighted by molar-refractivity contribution is 5.85. The minimum Gasteiger partial charge on any atom is -0.257 e. The topological polar surface area (TPSA) is 12.9 Å². The van der Waals surface area contributed by atoms with E-state index < -0.39 is 0 Å². The first kappa shape index (κ1) is 15.8. The Bertz CT molecular complexity index is 453. The van der Waals surface area contributed by atoms with E-state index in [9.17, 15) is 0 Å². The van der Waals surface area contributed by atoms with Gasteiger partial charge in [0.1, 0.15) is 0 Å². The van der Waals surface area contributed by atoms with Gasteiger partial charge in [0.2, 0.25) is 0 Å². The molecule has 0 spiro atoms. The summed E-state index contributed by atoms with van der Waals surface area (Å²) in [6.07, 6.45) is 15.9. The van der Waals surface area contributed by atoms with Crippen LogP contribution in [0.4, 0.5) is 0 Å². The van der Waals surface area contributed by atoms with Gasteiger partial charge in [-0.05, 0) is 80.9 Å². The molecular formula is C18H28ClN. The maximum absolute atomic E-state index is 5.10. The van der Waals surface area contributed by atoms with E-state index in [2.05, 4.69) is 6.92 Å². The van der Waals surface area contributed by atoms with Crippen LogP contribution in [0.3, 0.4) is 0 Å². The second-order valence-electron chi connectivity index (χ2n) is 6.31. The molecule has 0 aromatic carbocycles. The number of hydrogen-bond acceptors (Lipinski definition) is 1. The number of aryl methyl sites for hydroxylation is 2. The third-order valence-corrected chi connectivity index (χ3v) is 4.91. The summed E-state index contributed by atoms with van der Waals surface area (Å²) in [7, 11) is 0. The number of hydrogen-bond donors (Lipinski definition) is 0. The lowest BCUT2D eigenvalue weighted by Gasteiger charge is -2.27. The Morgan fingerprint density at radius 1 is 0.800 bits per heavy atom. The minimum atomic E-state index is 0. The first-order valence-corrected chi connectivity index (χ1v) is 8.42. The normalized spacial score (nSPS) is 17.1. The zero-order valence-electron chi connectivity index (χ0n) is 12.8. The van der Waals surface area contributed by atoms with Crippen molar-refractivity contribution in [3.63, 3.8) is 0 Å². The fourth-order valence-corrected chi connectivity index (χ4v) is 3.87. The van der Waals surface area contributed by atoms with Crippen molar-refractivity contribution < 1.29 is 0 Å². The SMILES string of the molecule is CCCCCc1nc2c(c3c1CCCC3)CCCC2.Cl. The number of unbranched alkanes of at least 4 members (excludes halogenated alkanes) is 2. The van der Waals surface area contributed by atoms with Crippen LogP contribution in [-0.4, -0.2) is 4.98 Å². The molecule has 0 saturated carbocycles. The van der Waals surface area contributed by atoms with E-state index in [1.165, 1.54) is 88.4 Å². The highest BCUT2D eigenvalue weighted by atomic mass is 35.5. The van der Waals surface area contributed by atoms with Gasteiger partial charge in [0.25, 0.3) is 0 Å². The van der Waals surface area contributed by atoms with Crippen molar-refractivity contribution in [3.8, 4) is 0 Å². The van der Waals surface area contributed by atoms with Crippen molar-refractivity contribution in [3.05, 3.63) is 28.1 Å². The molecular weight excluding hydrogens is 266 g/mol. The fourth-order valence-electron chi connectivity index (χ4n) is 3.87. The van der Waals surface area contributed by atoms with Crippen LogP contribution in [0.2, 0.25) is 0 Å². The lowest BCUT2D eigenvalue weighted by atomic mass is 9.81. The maximum Gasteiger partial charge on any atom is 0.0441 e. The number of nitrogens with zero attached hydrogens (tertiary/aromatic N) is 1. The largest absolute Gasteiger partial charge is 0.257 e. The summed E-state index contributed by atoms with van der Waals surface area (Å²) in [4.78, 5) is 5.10. The van der Waals surface area contributed by atoms with Crippen molar-refractivity contribution in [1.29, 1.82) is 0 Å². The summed E-state index contributed by atoms with van der Waals surface area (Å²) in [6.45, 7) is 2.29. The fraction of sp³-hybridized carbons (Fsp3) is 0.722. The quantitative estimate of drug-likeness (QED) is 0.712. The van der Waals surface area contributed by atoms with Crippen LogP contribution >= 0.6 is 12.4 Å². The molecule has 0 fully saturated rings. The molecule has 0 amide bonds. The van der Waals surface area contributed by atoms with E-state index in [1.807, 2.05) is 0 Å². The van der Waals surface area contributed by atoms with E-state index in [0.29, 0.717) is 0 Å². The van der Waals surface area contributed by atoms with Gasteiger partial charge in [-0.3, -0.25) is 4.98 Å². The molecule has 2 heteroatoms. The zero-order valence-corrected chi connectivity index (χ0v) is 13.7. The van der Waals surface area contributed by atoms with Crippen LogP contribution in [0.15, 0.2) is 0 Å². The molecule has 2 aliphatic carbocycles. The minimum absolute atomic E-state index is 0. The van der Waals surface area contributed by atoms with E-state index in [4.69, 9.17) is 4.98 Å². The first-order chi connectivity index (χ1) is 9.40. The van der Waals surface area contributed by atoms with Crippen LogP contribution in [0.1, 0.15) is 79.9 Å². The Kier molecular flexibility index (Phi) is 5.89. The van der Waals surface area contributed by atoms with Crippen LogP contribution in [0.5, 0.6) is 0 Å². The second kappa shape index (κ2) is 7.45. The van der Waals surface area contributed by atoms with Crippen LogP contribution in [0, 0.1) is 0 Å². The smallest absolute Gasteiger partial charge is 0.0441 e. The molecule has 0 aliphatic heterocycles. The van der Waals surface area contributed by atoms with Crippen molar-refractivity contribution in [2.75, 3.05) is 0 Å². The van der Waals surface area contributed by atoms with E-state index >= 15 is 0 Å². The molecule has 3 rings (SSSR count). The third kappa shape index (κ3) is 3.19. The maximum atomic E-state index is 5.10. The van der Waals surface area contributed by atoms with Gasteiger partial charge in [0.15, 0.2) is 0 Å². The van der Waals surface area contributed by atoms with Gasteiger partial charge in [0, 0.05) is 11.4 Å². The summed E-state index contributed by atoms with van der Waals surface area (Å²) in [5.41, 5.74) is 8.02. The summed E-state index contributed by atoms with van der Waals surface area (Å²) in [6, 6.07) is 0. The highest BCUT2D eigenvalue weighted by Crippen LogP contribution is 2.33. The van der Waals surface area contributed by atoms with Gasteiger partial charge >= 0.3 is 0 Å². The van der Waals surface area contributed by atoms with Gasteiger partial charge in [-0.15, -0.1) is 12.4 Å². The number of pyridine rings is 1. The monoisotopic (exact) mass is 293 g/mol. The molecule has 0 radical (unpaired) electrons. The third-order valence-electron chi connectivity index (χ3n) is 4.91. The number of aromatic nitrogens is 1. The van der Waals surface area contributed by atoms with Gasteiger partial charge in [0.05, 0.1) is 0 Å². The van der Waals surface area contributed by atoms with Crippen molar-refractivity contribution in [2.24, 2.45) is 0 Å². The molecule has 20 heavy (non-hydrogen) atoms. The number of halogens is 1. The standard InChI is InChI=1S/C18H27N.ClH/c1-2-3-4-12-17-15-10-6-5-9-14(15)16-11-7-8-13-18(16)19-17;/h2-13H2,1H3;1H. The zero-order chi connectivity index (χ0) is 13.1. The molecule has 1 heterocycles. The van der Waals surface area contributed by atoms with Crippen molar-refractivity contribution in [2.45, 2.75) is 84.0 Å².